The molecule has 4 rings (SSSR count). The fraction of sp³-hybridized carbons (Fsp3) is 0.524. The average Bonchev–Trinajstić information content (AvgIpc) is 3.25. The van der Waals surface area contributed by atoms with Gasteiger partial charge in [-0.1, -0.05) is 6.92 Å². The van der Waals surface area contributed by atoms with Gasteiger partial charge in [0.1, 0.15) is 12.2 Å². The number of carbonyl (C=O) groups is 1. The molecule has 2 atom stereocenters. The zero-order valence-electron chi connectivity index (χ0n) is 16.9. The quantitative estimate of drug-likeness (QED) is 0.700. The van der Waals surface area contributed by atoms with Crippen molar-refractivity contribution in [2.24, 2.45) is 5.73 Å². The molecule has 2 N–H and O–H groups in total. The van der Waals surface area contributed by atoms with Crippen LogP contribution in [-0.2, 0) is 34.6 Å². The van der Waals surface area contributed by atoms with Gasteiger partial charge in [0, 0.05) is 54.6 Å². The summed E-state index contributed by atoms with van der Waals surface area (Å²) in [5.74, 6) is -3.69. The van der Waals surface area contributed by atoms with Crippen LogP contribution in [0.1, 0.15) is 60.7 Å². The van der Waals surface area contributed by atoms with E-state index >= 15 is 0 Å². The van der Waals surface area contributed by atoms with Crippen LogP contribution in [0.25, 0.3) is 0 Å². The molecule has 162 valence electrons. The molecule has 2 unspecified atom stereocenters. The number of carbonyl (C=O) groups excluding carboxylic acids is 1. The van der Waals surface area contributed by atoms with Crippen LogP contribution in [0.15, 0.2) is 18.2 Å². The Morgan fingerprint density at radius 2 is 2.00 bits per heavy atom. The van der Waals surface area contributed by atoms with E-state index in [1.807, 2.05) is 0 Å². The summed E-state index contributed by atoms with van der Waals surface area (Å²) < 4.78 is 43.2. The number of nitrogens with zero attached hydrogens (tertiary/aromatic N) is 3. The molecule has 2 fully saturated rings. The molecule has 1 aliphatic carbocycles. The minimum Gasteiger partial charge on any atom is -0.335 e. The zero-order valence-corrected chi connectivity index (χ0v) is 18.1. The van der Waals surface area contributed by atoms with Crippen molar-refractivity contribution in [3.63, 3.8) is 0 Å². The summed E-state index contributed by atoms with van der Waals surface area (Å²) in [6.45, 7) is 2.60. The van der Waals surface area contributed by atoms with Gasteiger partial charge in [-0.3, -0.25) is 9.48 Å². The molecule has 0 bridgehead atoms. The second-order valence-corrected chi connectivity index (χ2v) is 8.20. The van der Waals surface area contributed by atoms with Gasteiger partial charge in [-0.05, 0) is 25.3 Å². The molecule has 9 heteroatoms. The number of hydrogen-bond acceptors (Lipinski definition) is 3. The Morgan fingerprint density at radius 3 is 2.60 bits per heavy atom. The van der Waals surface area contributed by atoms with E-state index in [-0.39, 0.29) is 47.5 Å². The van der Waals surface area contributed by atoms with E-state index in [0.29, 0.717) is 29.8 Å². The van der Waals surface area contributed by atoms with Crippen LogP contribution in [0.5, 0.6) is 0 Å². The van der Waals surface area contributed by atoms with E-state index in [4.69, 9.17) is 5.73 Å². The number of halogens is 3. The summed E-state index contributed by atoms with van der Waals surface area (Å²) in [5.41, 5.74) is 7.66. The molecule has 1 aromatic heterocycles. The maximum Gasteiger partial charge on any atom is 0.286 e. The van der Waals surface area contributed by atoms with Crippen LogP contribution in [0, 0.1) is 18.8 Å². The van der Waals surface area contributed by atoms with Gasteiger partial charge in [0.25, 0.3) is 5.92 Å². The molecule has 0 spiro atoms. The fourth-order valence-corrected chi connectivity index (χ4v) is 4.06. The molecule has 1 aromatic carbocycles. The van der Waals surface area contributed by atoms with E-state index in [2.05, 4.69) is 11.2 Å². The topological polar surface area (TPSA) is 64.2 Å². The Balaban J connectivity index is 0.00000256. The van der Waals surface area contributed by atoms with Gasteiger partial charge in [0.15, 0.2) is 0 Å². The van der Waals surface area contributed by atoms with Crippen LogP contribution >= 0.6 is 0 Å². The predicted molar refractivity (Wildman–Crippen MR) is 101 cm³/mol. The standard InChI is InChI=1S/C21H24F3N4O.Cr/c1-12-7-14(9-15(22)8-12)20-16(25)5-6-27(20)19(29)11-28-18(21(2,23)24)10-17(26-28)13-3-4-13;/h8-10,13,16,20H,3-6,11,25H2,1-2H3;/q-1;. The molecule has 2 aromatic rings. The number of rotatable bonds is 5. The molecule has 2 heterocycles. The summed E-state index contributed by atoms with van der Waals surface area (Å²) in [4.78, 5) is 14.6. The Labute approximate surface area is 184 Å². The molecule has 1 saturated heterocycles. The van der Waals surface area contributed by atoms with Crippen molar-refractivity contribution >= 4 is 5.91 Å². The van der Waals surface area contributed by atoms with E-state index in [0.717, 1.165) is 24.4 Å². The van der Waals surface area contributed by atoms with Gasteiger partial charge < -0.3 is 10.6 Å². The largest absolute Gasteiger partial charge is 0.335 e. The van der Waals surface area contributed by atoms with Crippen LogP contribution < -0.4 is 5.73 Å². The number of aryl methyl sites for hydroxylation is 1. The summed E-state index contributed by atoms with van der Waals surface area (Å²) >= 11 is 0. The minimum atomic E-state index is -3.10. The van der Waals surface area contributed by atoms with Crippen LogP contribution in [0.2, 0.25) is 0 Å². The number of amides is 1. The molecule has 30 heavy (non-hydrogen) atoms. The van der Waals surface area contributed by atoms with Gasteiger partial charge in [-0.15, -0.1) is 17.7 Å². The molecule has 1 aliphatic heterocycles. The monoisotopic (exact) mass is 457 g/mol. The average molecular weight is 457 g/mol. The van der Waals surface area contributed by atoms with Crippen molar-refractivity contribution in [2.75, 3.05) is 6.54 Å². The van der Waals surface area contributed by atoms with Crippen LogP contribution in [-0.4, -0.2) is 33.2 Å². The predicted octanol–water partition coefficient (Wildman–Crippen LogP) is 3.42. The van der Waals surface area contributed by atoms with Gasteiger partial charge in [-0.2, -0.15) is 25.5 Å². The van der Waals surface area contributed by atoms with E-state index in [1.54, 1.807) is 6.92 Å². The third-order valence-corrected chi connectivity index (χ3v) is 5.60. The molecular formula is C21H24CrF3N4O-. The molecule has 2 aliphatic rings. The first-order valence-electron chi connectivity index (χ1n) is 9.84. The minimum absolute atomic E-state index is 0. The number of aromatic nitrogens is 2. The maximum absolute atomic E-state index is 14.1. The van der Waals surface area contributed by atoms with Crippen molar-refractivity contribution in [1.82, 2.24) is 14.7 Å². The van der Waals surface area contributed by atoms with E-state index in [1.165, 1.54) is 23.1 Å². The first kappa shape index (κ1) is 22.9. The Morgan fingerprint density at radius 1 is 1.30 bits per heavy atom. The first-order valence-corrected chi connectivity index (χ1v) is 9.84. The zero-order chi connectivity index (χ0) is 20.9. The summed E-state index contributed by atoms with van der Waals surface area (Å²) in [5, 5.41) is 4.29. The molecule has 1 amide bonds. The fourth-order valence-electron chi connectivity index (χ4n) is 4.06. The normalized spacial score (nSPS) is 21.6. The number of nitrogens with two attached hydrogens (primary N) is 1. The maximum atomic E-state index is 14.1. The second kappa shape index (κ2) is 8.37. The van der Waals surface area contributed by atoms with Gasteiger partial charge in [-0.25, -0.2) is 4.39 Å². The first-order chi connectivity index (χ1) is 13.6. The summed E-state index contributed by atoms with van der Waals surface area (Å²) in [6, 6.07) is 6.25. The molecule has 5 nitrogen and oxygen atoms in total. The third kappa shape index (κ3) is 4.58. The number of likely N-dealkylation sites (tertiary alicyclic amines) is 1. The second-order valence-electron chi connectivity index (χ2n) is 8.20. The van der Waals surface area contributed by atoms with Gasteiger partial charge in [0.2, 0.25) is 5.91 Å². The van der Waals surface area contributed by atoms with Crippen LogP contribution in [0.3, 0.4) is 0 Å². The molecular weight excluding hydrogens is 433 g/mol. The Bertz CT molecular complexity index is 919. The number of alkyl halides is 2. The Hall–Kier alpha value is -1.82. The third-order valence-electron chi connectivity index (χ3n) is 5.60. The van der Waals surface area contributed by atoms with Crippen molar-refractivity contribution in [3.05, 3.63) is 52.6 Å². The van der Waals surface area contributed by atoms with Crippen molar-refractivity contribution in [3.8, 4) is 0 Å². The van der Waals surface area contributed by atoms with Gasteiger partial charge in [0.05, 0.1) is 5.69 Å². The Kier molecular flexibility index (Phi) is 6.38. The molecule has 1 saturated carbocycles. The van der Waals surface area contributed by atoms with E-state index < -0.39 is 17.8 Å². The number of benzene rings is 1. The SMILES string of the molecule is Cc1[c-]c(C2C(N)CCN2C(=O)Cn2nc(C3CC3)cc2C(C)(F)F)cc(F)c1.[Cr]. The van der Waals surface area contributed by atoms with Gasteiger partial charge >= 0.3 is 0 Å². The van der Waals surface area contributed by atoms with Crippen molar-refractivity contribution in [2.45, 2.75) is 63.6 Å². The van der Waals surface area contributed by atoms with Crippen molar-refractivity contribution in [1.29, 1.82) is 0 Å². The van der Waals surface area contributed by atoms with Crippen molar-refractivity contribution < 1.29 is 35.3 Å². The molecule has 0 radical (unpaired) electrons. The smallest absolute Gasteiger partial charge is 0.286 e. The summed E-state index contributed by atoms with van der Waals surface area (Å²) in [7, 11) is 0. The van der Waals surface area contributed by atoms with Crippen LogP contribution in [0.4, 0.5) is 13.2 Å². The van der Waals surface area contributed by atoms with E-state index in [9.17, 15) is 18.0 Å². The summed E-state index contributed by atoms with van der Waals surface area (Å²) in [6.07, 6.45) is 2.40. The number of hydrogen-bond donors (Lipinski definition) is 1.